The van der Waals surface area contributed by atoms with E-state index < -0.39 is 0 Å². The van der Waals surface area contributed by atoms with Gasteiger partial charge in [0.25, 0.3) is 0 Å². The molecular formula is C8H8N4S2. The lowest BCUT2D eigenvalue weighted by Gasteiger charge is -2.00. The summed E-state index contributed by atoms with van der Waals surface area (Å²) >= 11 is 3.15. The van der Waals surface area contributed by atoms with Crippen LogP contribution in [0.4, 0.5) is 5.82 Å². The predicted octanol–water partition coefficient (Wildman–Crippen LogP) is 1.81. The molecule has 6 heteroatoms. The second-order valence-electron chi connectivity index (χ2n) is 2.54. The number of nitrogens with zero attached hydrogens (tertiary/aromatic N) is 3. The van der Waals surface area contributed by atoms with Gasteiger partial charge in [0.15, 0.2) is 4.34 Å². The molecule has 0 aliphatic heterocycles. The zero-order valence-electron chi connectivity index (χ0n) is 7.25. The van der Waals surface area contributed by atoms with E-state index in [4.69, 9.17) is 5.73 Å². The fourth-order valence-corrected chi connectivity index (χ4v) is 2.42. The number of pyridine rings is 1. The lowest BCUT2D eigenvalue weighted by atomic mass is 10.3. The SMILES string of the molecule is Nc1ncccc1CSc1nncs1. The normalized spacial score (nSPS) is 10.3. The summed E-state index contributed by atoms with van der Waals surface area (Å²) < 4.78 is 0.952. The third-order valence-electron chi connectivity index (χ3n) is 1.62. The summed E-state index contributed by atoms with van der Waals surface area (Å²) in [4.78, 5) is 4.01. The first-order valence-electron chi connectivity index (χ1n) is 3.94. The van der Waals surface area contributed by atoms with Crippen molar-refractivity contribution in [2.24, 2.45) is 0 Å². The fourth-order valence-electron chi connectivity index (χ4n) is 0.938. The summed E-state index contributed by atoms with van der Waals surface area (Å²) in [6.45, 7) is 0. The summed E-state index contributed by atoms with van der Waals surface area (Å²) in [6, 6.07) is 3.85. The van der Waals surface area contributed by atoms with Crippen LogP contribution < -0.4 is 5.73 Å². The molecule has 14 heavy (non-hydrogen) atoms. The maximum absolute atomic E-state index is 5.70. The van der Waals surface area contributed by atoms with Gasteiger partial charge in [-0.1, -0.05) is 29.2 Å². The number of nitrogens with two attached hydrogens (primary N) is 1. The van der Waals surface area contributed by atoms with Gasteiger partial charge >= 0.3 is 0 Å². The van der Waals surface area contributed by atoms with Crippen LogP contribution in [0.15, 0.2) is 28.2 Å². The van der Waals surface area contributed by atoms with Crippen molar-refractivity contribution < 1.29 is 0 Å². The second kappa shape index (κ2) is 4.39. The molecule has 0 amide bonds. The standard InChI is InChI=1S/C8H8N4S2/c9-7-6(2-1-3-10-7)4-13-8-12-11-5-14-8/h1-3,5H,4H2,(H2,9,10). The summed E-state index contributed by atoms with van der Waals surface area (Å²) in [5, 5.41) is 7.69. The molecule has 2 N–H and O–H groups in total. The quantitative estimate of drug-likeness (QED) is 0.805. The van der Waals surface area contributed by atoms with Crippen LogP contribution >= 0.6 is 23.1 Å². The van der Waals surface area contributed by atoms with Crippen LogP contribution in [-0.4, -0.2) is 15.2 Å². The van der Waals surface area contributed by atoms with Gasteiger partial charge in [-0.05, 0) is 6.07 Å². The minimum atomic E-state index is 0.588. The average Bonchev–Trinajstić information content (AvgIpc) is 2.69. The Bertz CT molecular complexity index is 401. The van der Waals surface area contributed by atoms with Crippen LogP contribution in [0.1, 0.15) is 5.56 Å². The van der Waals surface area contributed by atoms with Gasteiger partial charge < -0.3 is 5.73 Å². The minimum Gasteiger partial charge on any atom is -0.383 e. The van der Waals surface area contributed by atoms with E-state index in [2.05, 4.69) is 15.2 Å². The number of thioether (sulfide) groups is 1. The molecule has 0 aromatic carbocycles. The molecule has 0 unspecified atom stereocenters. The van der Waals surface area contributed by atoms with Crippen molar-refractivity contribution in [3.63, 3.8) is 0 Å². The van der Waals surface area contributed by atoms with Crippen LogP contribution in [0.25, 0.3) is 0 Å². The first-order valence-corrected chi connectivity index (χ1v) is 5.81. The fraction of sp³-hybridized carbons (Fsp3) is 0.125. The number of rotatable bonds is 3. The third kappa shape index (κ3) is 2.21. The molecule has 0 radical (unpaired) electrons. The molecule has 0 fully saturated rings. The lowest BCUT2D eigenvalue weighted by molar-refractivity contribution is 1.01. The Balaban J connectivity index is 2.02. The van der Waals surface area contributed by atoms with Crippen molar-refractivity contribution in [3.05, 3.63) is 29.4 Å². The van der Waals surface area contributed by atoms with Crippen LogP contribution in [0, 0.1) is 0 Å². The Hall–Kier alpha value is -1.14. The Morgan fingerprint density at radius 1 is 1.50 bits per heavy atom. The molecule has 0 atom stereocenters. The van der Waals surface area contributed by atoms with Gasteiger partial charge in [-0.3, -0.25) is 0 Å². The van der Waals surface area contributed by atoms with E-state index in [1.54, 1.807) is 23.5 Å². The minimum absolute atomic E-state index is 0.588. The van der Waals surface area contributed by atoms with Gasteiger partial charge in [-0.25, -0.2) is 4.98 Å². The number of aromatic nitrogens is 3. The van der Waals surface area contributed by atoms with E-state index in [9.17, 15) is 0 Å². The molecule has 72 valence electrons. The molecule has 0 aliphatic rings. The average molecular weight is 224 g/mol. The first-order chi connectivity index (χ1) is 6.86. The maximum atomic E-state index is 5.70. The maximum Gasteiger partial charge on any atom is 0.174 e. The topological polar surface area (TPSA) is 64.7 Å². The van der Waals surface area contributed by atoms with E-state index in [-0.39, 0.29) is 0 Å². The molecule has 2 heterocycles. The monoisotopic (exact) mass is 224 g/mol. The summed E-state index contributed by atoms with van der Waals surface area (Å²) in [6.07, 6.45) is 1.69. The van der Waals surface area contributed by atoms with Gasteiger partial charge in [0.05, 0.1) is 0 Å². The summed E-state index contributed by atoms with van der Waals surface area (Å²) in [5.41, 5.74) is 8.46. The van der Waals surface area contributed by atoms with Crippen molar-refractivity contribution in [2.45, 2.75) is 10.1 Å². The third-order valence-corrected chi connectivity index (χ3v) is 3.53. The first kappa shape index (κ1) is 9.42. The molecule has 0 saturated carbocycles. The molecule has 0 spiro atoms. The smallest absolute Gasteiger partial charge is 0.174 e. The number of nitrogen functional groups attached to an aromatic ring is 1. The molecule has 2 aromatic rings. The van der Waals surface area contributed by atoms with Crippen molar-refractivity contribution in [3.8, 4) is 0 Å². The summed E-state index contributed by atoms with van der Waals surface area (Å²) in [7, 11) is 0. The van der Waals surface area contributed by atoms with E-state index in [0.717, 1.165) is 15.7 Å². The Morgan fingerprint density at radius 3 is 3.14 bits per heavy atom. The van der Waals surface area contributed by atoms with Crippen LogP contribution in [0.3, 0.4) is 0 Å². The highest BCUT2D eigenvalue weighted by molar-refractivity contribution is 8.00. The molecule has 0 aliphatic carbocycles. The highest BCUT2D eigenvalue weighted by Crippen LogP contribution is 2.24. The van der Waals surface area contributed by atoms with Crippen LogP contribution in [0.5, 0.6) is 0 Å². The van der Waals surface area contributed by atoms with Gasteiger partial charge in [0.2, 0.25) is 0 Å². The number of anilines is 1. The molecule has 0 saturated heterocycles. The Morgan fingerprint density at radius 2 is 2.43 bits per heavy atom. The van der Waals surface area contributed by atoms with E-state index in [1.807, 2.05) is 12.1 Å². The number of hydrogen-bond acceptors (Lipinski definition) is 6. The zero-order chi connectivity index (χ0) is 9.80. The van der Waals surface area contributed by atoms with Gasteiger partial charge in [0, 0.05) is 17.5 Å². The lowest BCUT2D eigenvalue weighted by Crippen LogP contribution is -1.94. The van der Waals surface area contributed by atoms with Crippen LogP contribution in [-0.2, 0) is 5.75 Å². The van der Waals surface area contributed by atoms with Gasteiger partial charge in [-0.2, -0.15) is 0 Å². The highest BCUT2D eigenvalue weighted by Gasteiger charge is 2.02. The van der Waals surface area contributed by atoms with Crippen LogP contribution in [0.2, 0.25) is 0 Å². The van der Waals surface area contributed by atoms with E-state index in [1.165, 1.54) is 11.3 Å². The largest absolute Gasteiger partial charge is 0.383 e. The molecule has 0 bridgehead atoms. The van der Waals surface area contributed by atoms with Crippen molar-refractivity contribution in [2.75, 3.05) is 5.73 Å². The number of hydrogen-bond donors (Lipinski definition) is 1. The second-order valence-corrected chi connectivity index (χ2v) is 4.60. The predicted molar refractivity (Wildman–Crippen MR) is 58.1 cm³/mol. The van der Waals surface area contributed by atoms with E-state index >= 15 is 0 Å². The summed E-state index contributed by atoms with van der Waals surface area (Å²) in [5.74, 6) is 1.37. The Kier molecular flexibility index (Phi) is 2.95. The van der Waals surface area contributed by atoms with Gasteiger partial charge in [0.1, 0.15) is 11.3 Å². The molecular weight excluding hydrogens is 216 g/mol. The van der Waals surface area contributed by atoms with Crippen molar-refractivity contribution in [1.29, 1.82) is 0 Å². The Labute approximate surface area is 89.6 Å². The molecule has 2 rings (SSSR count). The zero-order valence-corrected chi connectivity index (χ0v) is 8.88. The highest BCUT2D eigenvalue weighted by atomic mass is 32.2. The van der Waals surface area contributed by atoms with Crippen molar-refractivity contribution in [1.82, 2.24) is 15.2 Å². The molecule has 4 nitrogen and oxygen atoms in total. The molecule has 2 aromatic heterocycles. The van der Waals surface area contributed by atoms with Gasteiger partial charge in [-0.15, -0.1) is 10.2 Å². The van der Waals surface area contributed by atoms with Crippen molar-refractivity contribution >= 4 is 28.9 Å². The van der Waals surface area contributed by atoms with E-state index in [0.29, 0.717) is 5.82 Å².